The summed E-state index contributed by atoms with van der Waals surface area (Å²) < 4.78 is 2.43. The fraction of sp³-hybridized carbons (Fsp3) is 1.00. The van der Waals surface area contributed by atoms with Crippen molar-refractivity contribution in [2.24, 2.45) is 11.8 Å². The van der Waals surface area contributed by atoms with Crippen LogP contribution in [0.5, 0.6) is 0 Å². The highest BCUT2D eigenvalue weighted by molar-refractivity contribution is 4.55. The Bertz CT molecular complexity index is 282. The van der Waals surface area contributed by atoms with Crippen molar-refractivity contribution in [1.29, 1.82) is 0 Å². The van der Waals surface area contributed by atoms with E-state index in [1.807, 2.05) is 0 Å². The first-order valence-electron chi connectivity index (χ1n) is 11.3. The normalized spacial score (nSPS) is 12.2. The van der Waals surface area contributed by atoms with E-state index in [2.05, 4.69) is 55.9 Å². The summed E-state index contributed by atoms with van der Waals surface area (Å²) in [5, 5.41) is 0. The third kappa shape index (κ3) is 17.9. The molecule has 0 aromatic rings. The van der Waals surface area contributed by atoms with Crippen LogP contribution in [0.4, 0.5) is 0 Å². The molecule has 0 fully saturated rings. The molecule has 0 saturated carbocycles. The minimum absolute atomic E-state index is 0. The van der Waals surface area contributed by atoms with Gasteiger partial charge < -0.3 is 56.9 Å². The number of nitrogens with zero attached hydrogens (tertiary/aromatic N) is 2. The average molecular weight is 610 g/mol. The van der Waals surface area contributed by atoms with E-state index in [1.165, 1.54) is 92.9 Å². The summed E-state index contributed by atoms with van der Waals surface area (Å²) in [4.78, 5) is 0. The molecule has 2 nitrogen and oxygen atoms in total. The molecule has 0 N–H and O–H groups in total. The molecule has 0 rings (SSSR count). The summed E-state index contributed by atoms with van der Waals surface area (Å²) in [6.07, 6.45) is 12.4. The first kappa shape index (κ1) is 33.0. The molecular weight excluding hydrogens is 558 g/mol. The van der Waals surface area contributed by atoms with E-state index >= 15 is 0 Å². The Morgan fingerprint density at radius 1 is 0.481 bits per heavy atom. The molecule has 0 aromatic carbocycles. The molecule has 0 atom stereocenters. The third-order valence-corrected chi connectivity index (χ3v) is 6.34. The molecule has 168 valence electrons. The van der Waals surface area contributed by atoms with Gasteiger partial charge in [-0.2, -0.15) is 0 Å². The highest BCUT2D eigenvalue weighted by Gasteiger charge is 2.20. The van der Waals surface area contributed by atoms with Gasteiger partial charge in [0.1, 0.15) is 0 Å². The van der Waals surface area contributed by atoms with Gasteiger partial charge in [0.05, 0.1) is 54.4 Å². The quantitative estimate of drug-likeness (QED) is 0.131. The predicted octanol–water partition coefficient (Wildman–Crippen LogP) is -0.0299. The van der Waals surface area contributed by atoms with Crippen LogP contribution < -0.4 is 48.0 Å². The summed E-state index contributed by atoms with van der Waals surface area (Å²) in [5.74, 6) is 1.81. The van der Waals surface area contributed by atoms with Gasteiger partial charge in [0.25, 0.3) is 0 Å². The summed E-state index contributed by atoms with van der Waals surface area (Å²) in [6, 6.07) is 0. The number of unbranched alkanes of at least 4 members (excludes halogenated alkanes) is 4. The summed E-state index contributed by atoms with van der Waals surface area (Å²) in [5.41, 5.74) is 0. The van der Waals surface area contributed by atoms with Gasteiger partial charge in [-0.3, -0.25) is 0 Å². The molecule has 4 heteroatoms. The van der Waals surface area contributed by atoms with E-state index in [0.29, 0.717) is 0 Å². The van der Waals surface area contributed by atoms with E-state index in [9.17, 15) is 0 Å². The molecule has 0 amide bonds. The second-order valence-electron chi connectivity index (χ2n) is 9.82. The Hall–Kier alpha value is 1.38. The van der Waals surface area contributed by atoms with Crippen molar-refractivity contribution in [3.63, 3.8) is 0 Å². The molecule has 0 saturated heterocycles. The lowest BCUT2D eigenvalue weighted by Crippen LogP contribution is -3.00. The topological polar surface area (TPSA) is 0 Å². The van der Waals surface area contributed by atoms with Gasteiger partial charge in [0, 0.05) is 11.8 Å². The molecular formula is C23H52I2N2. The fourth-order valence-electron chi connectivity index (χ4n) is 4.28. The Labute approximate surface area is 207 Å². The Balaban J connectivity index is -0.00000288. The van der Waals surface area contributed by atoms with Crippen LogP contribution in [0.1, 0.15) is 85.5 Å². The maximum atomic E-state index is 2.43. The van der Waals surface area contributed by atoms with Crippen molar-refractivity contribution in [1.82, 2.24) is 0 Å². The molecule has 0 unspecified atom stereocenters. The Morgan fingerprint density at radius 2 is 0.741 bits per heavy atom. The van der Waals surface area contributed by atoms with Gasteiger partial charge in [-0.05, 0) is 51.4 Å². The van der Waals surface area contributed by atoms with E-state index in [1.54, 1.807) is 0 Å². The van der Waals surface area contributed by atoms with Gasteiger partial charge >= 0.3 is 0 Å². The van der Waals surface area contributed by atoms with Gasteiger partial charge in [0.2, 0.25) is 0 Å². The summed E-state index contributed by atoms with van der Waals surface area (Å²) >= 11 is 0. The first-order valence-corrected chi connectivity index (χ1v) is 11.3. The summed E-state index contributed by atoms with van der Waals surface area (Å²) in [7, 11) is 9.71. The number of rotatable bonds is 16. The largest absolute Gasteiger partial charge is 1.00 e. The number of hydrogen-bond acceptors (Lipinski definition) is 0. The lowest BCUT2D eigenvalue weighted by molar-refractivity contribution is -0.894. The van der Waals surface area contributed by atoms with Crippen molar-refractivity contribution >= 4 is 0 Å². The first-order chi connectivity index (χ1) is 11.7. The zero-order valence-corrected chi connectivity index (χ0v) is 24.3. The van der Waals surface area contributed by atoms with Crippen LogP contribution in [0.2, 0.25) is 0 Å². The van der Waals surface area contributed by atoms with Gasteiger partial charge in [-0.15, -0.1) is 0 Å². The molecule has 0 radical (unpaired) electrons. The minimum atomic E-state index is 0. The van der Waals surface area contributed by atoms with Crippen molar-refractivity contribution in [3.05, 3.63) is 0 Å². The van der Waals surface area contributed by atoms with E-state index in [-0.39, 0.29) is 48.0 Å². The highest BCUT2D eigenvalue weighted by Crippen LogP contribution is 2.16. The monoisotopic (exact) mass is 610 g/mol. The Kier molecular flexibility index (Phi) is 22.2. The molecule has 0 aromatic heterocycles. The van der Waals surface area contributed by atoms with Crippen molar-refractivity contribution in [3.8, 4) is 0 Å². The number of hydrogen-bond donors (Lipinski definition) is 0. The van der Waals surface area contributed by atoms with Crippen LogP contribution in [0.25, 0.3) is 0 Å². The Morgan fingerprint density at radius 3 is 1.00 bits per heavy atom. The standard InChI is InChI=1S/C23H52N2.2HI/c1-9-22(10-2)20-24(5,6)18-16-14-13-15-17-19-25(7,8)21-23(11-3)12-4;;/h22-23H,9-21H2,1-8H3;2*1H/q+2;;/p-2. The molecule has 0 aliphatic carbocycles. The zero-order valence-electron chi connectivity index (χ0n) is 20.0. The maximum Gasteiger partial charge on any atom is 0.0810 e. The lowest BCUT2D eigenvalue weighted by Gasteiger charge is -2.33. The van der Waals surface area contributed by atoms with Crippen LogP contribution in [-0.2, 0) is 0 Å². The zero-order chi connectivity index (χ0) is 19.3. The van der Waals surface area contributed by atoms with Crippen molar-refractivity contribution in [2.75, 3.05) is 54.4 Å². The fourth-order valence-corrected chi connectivity index (χ4v) is 4.28. The second-order valence-corrected chi connectivity index (χ2v) is 9.82. The highest BCUT2D eigenvalue weighted by atomic mass is 127. The number of halogens is 2. The van der Waals surface area contributed by atoms with E-state index in [4.69, 9.17) is 0 Å². The summed E-state index contributed by atoms with van der Waals surface area (Å²) in [6.45, 7) is 14.8. The van der Waals surface area contributed by atoms with Crippen LogP contribution >= 0.6 is 0 Å². The average Bonchev–Trinajstić information content (AvgIpc) is 2.56. The van der Waals surface area contributed by atoms with Crippen LogP contribution in [-0.4, -0.2) is 63.3 Å². The minimum Gasteiger partial charge on any atom is -1.00 e. The van der Waals surface area contributed by atoms with Gasteiger partial charge in [0.15, 0.2) is 0 Å². The maximum absolute atomic E-state index is 2.43. The van der Waals surface area contributed by atoms with Crippen LogP contribution in [0, 0.1) is 11.8 Å². The lowest BCUT2D eigenvalue weighted by atomic mass is 10.0. The van der Waals surface area contributed by atoms with E-state index < -0.39 is 0 Å². The van der Waals surface area contributed by atoms with Crippen molar-refractivity contribution < 1.29 is 56.9 Å². The second kappa shape index (κ2) is 18.2. The third-order valence-electron chi connectivity index (χ3n) is 6.34. The smallest absolute Gasteiger partial charge is 0.0810 e. The molecule has 27 heavy (non-hydrogen) atoms. The van der Waals surface area contributed by atoms with Crippen LogP contribution in [0.15, 0.2) is 0 Å². The SMILES string of the molecule is CCC(CC)C[N+](C)(C)CCCCCCC[N+](C)(C)CC(CC)CC.[I-].[I-]. The molecule has 0 heterocycles. The van der Waals surface area contributed by atoms with E-state index in [0.717, 1.165) is 11.8 Å². The van der Waals surface area contributed by atoms with Crippen LogP contribution in [0.3, 0.4) is 0 Å². The molecule has 0 bridgehead atoms. The van der Waals surface area contributed by atoms with Crippen molar-refractivity contribution in [2.45, 2.75) is 85.5 Å². The van der Waals surface area contributed by atoms with Gasteiger partial charge in [-0.25, -0.2) is 0 Å². The number of quaternary nitrogens is 2. The van der Waals surface area contributed by atoms with Gasteiger partial charge in [-0.1, -0.05) is 34.1 Å². The molecule has 0 aliphatic heterocycles. The molecule has 0 aliphatic rings. The molecule has 0 spiro atoms. The predicted molar refractivity (Wildman–Crippen MR) is 115 cm³/mol.